The number of piperazine rings is 1. The van der Waals surface area contributed by atoms with Gasteiger partial charge in [0, 0.05) is 75.1 Å². The van der Waals surface area contributed by atoms with E-state index in [1.165, 1.54) is 6.08 Å². The first kappa shape index (κ1) is 30.6. The molecule has 2 aliphatic heterocycles. The summed E-state index contributed by atoms with van der Waals surface area (Å²) < 4.78 is 11.6. The van der Waals surface area contributed by atoms with Crippen molar-refractivity contribution in [3.05, 3.63) is 59.8 Å². The van der Waals surface area contributed by atoms with Gasteiger partial charge in [0.05, 0.1) is 25.5 Å². The third-order valence-corrected chi connectivity index (χ3v) is 8.24. The van der Waals surface area contributed by atoms with Crippen LogP contribution < -0.4 is 14.5 Å². The van der Waals surface area contributed by atoms with Crippen LogP contribution in [-0.2, 0) is 22.5 Å². The number of anilines is 2. The number of hydrogen-bond donors (Lipinski definition) is 1. The number of benzene rings is 2. The van der Waals surface area contributed by atoms with Crippen LogP contribution in [0.2, 0.25) is 0 Å². The predicted octanol–water partition coefficient (Wildman–Crippen LogP) is 3.78. The smallest absolute Gasteiger partial charge is 0.318 e. The molecule has 43 heavy (non-hydrogen) atoms. The minimum Gasteiger partial charge on any atom is -0.508 e. The van der Waals surface area contributed by atoms with E-state index in [4.69, 9.17) is 19.4 Å². The van der Waals surface area contributed by atoms with Gasteiger partial charge in [0.1, 0.15) is 11.6 Å². The summed E-state index contributed by atoms with van der Waals surface area (Å²) in [4.78, 5) is 30.6. The number of phenols is 1. The normalized spacial score (nSPS) is 15.2. The first-order chi connectivity index (χ1) is 20.9. The summed E-state index contributed by atoms with van der Waals surface area (Å²) >= 11 is 0. The minimum absolute atomic E-state index is 0.0382. The number of phenolic OH excluding ortho intramolecular Hbond substituents is 1. The van der Waals surface area contributed by atoms with Crippen molar-refractivity contribution in [1.29, 1.82) is 0 Å². The maximum atomic E-state index is 12.2. The van der Waals surface area contributed by atoms with Gasteiger partial charge in [-0.25, -0.2) is 0 Å². The molecule has 0 bridgehead atoms. The van der Waals surface area contributed by atoms with Gasteiger partial charge in [0.15, 0.2) is 0 Å². The summed E-state index contributed by atoms with van der Waals surface area (Å²) in [6.45, 7) is 15.4. The Hall–Kier alpha value is -3.89. The van der Waals surface area contributed by atoms with Gasteiger partial charge in [0.25, 0.3) is 0 Å². The zero-order valence-corrected chi connectivity index (χ0v) is 25.7. The molecule has 0 unspecified atom stereocenters. The molecule has 3 aromatic rings. The molecule has 0 atom stereocenters. The number of carbonyl (C=O) groups is 1. The van der Waals surface area contributed by atoms with E-state index in [2.05, 4.69) is 53.4 Å². The van der Waals surface area contributed by atoms with Crippen LogP contribution >= 0.6 is 0 Å². The van der Waals surface area contributed by atoms with Crippen LogP contribution in [0.25, 0.3) is 10.8 Å². The lowest BCUT2D eigenvalue weighted by molar-refractivity contribution is -0.126. The molecule has 1 N–H and O–H groups in total. The number of carbonyl (C=O) groups excluding carboxylic acids is 1. The molecule has 3 heterocycles. The van der Waals surface area contributed by atoms with Crippen LogP contribution in [0.15, 0.2) is 43.0 Å². The fraction of sp³-hybridized carbons (Fsp3) is 0.485. The summed E-state index contributed by atoms with van der Waals surface area (Å²) in [6, 6.07) is 10.4. The summed E-state index contributed by atoms with van der Waals surface area (Å²) in [5, 5.41) is 12.7. The lowest BCUT2D eigenvalue weighted by Gasteiger charge is -2.38. The van der Waals surface area contributed by atoms with Crippen LogP contribution in [0.5, 0.6) is 11.8 Å². The molecule has 0 spiro atoms. The Bertz CT molecular complexity index is 1430. The van der Waals surface area contributed by atoms with E-state index in [0.717, 1.165) is 84.8 Å². The number of amides is 1. The van der Waals surface area contributed by atoms with Crippen molar-refractivity contribution >= 4 is 28.2 Å². The molecule has 10 nitrogen and oxygen atoms in total. The second-order valence-corrected chi connectivity index (χ2v) is 11.3. The standard InChI is InChI=1S/C33H44N6O4/c1-5-31(41)37-13-15-38(16-14-37)32-28-10-12-39(30-22-26(40)21-25-20-24(3)8-9-27(25)30)23-29(28)34-33(35-32)43-18-7-11-36(4)17-19-42-6-2/h5,8-9,20-22,40H,1,6-7,10-19,23H2,2-4H3. The predicted molar refractivity (Wildman–Crippen MR) is 170 cm³/mol. The van der Waals surface area contributed by atoms with Crippen LogP contribution in [-0.4, -0.2) is 103 Å². The van der Waals surface area contributed by atoms with Gasteiger partial charge < -0.3 is 34.2 Å². The number of fused-ring (bicyclic) bond motifs is 2. The van der Waals surface area contributed by atoms with Crippen molar-refractivity contribution in [3.8, 4) is 11.8 Å². The highest BCUT2D eigenvalue weighted by atomic mass is 16.5. The van der Waals surface area contributed by atoms with Gasteiger partial charge in [-0.3, -0.25) is 4.79 Å². The average molecular weight is 589 g/mol. The molecule has 1 fully saturated rings. The van der Waals surface area contributed by atoms with Crippen molar-refractivity contribution in [2.24, 2.45) is 0 Å². The lowest BCUT2D eigenvalue weighted by Crippen LogP contribution is -2.49. The number of rotatable bonds is 12. The van der Waals surface area contributed by atoms with Gasteiger partial charge in [-0.15, -0.1) is 0 Å². The van der Waals surface area contributed by atoms with E-state index in [-0.39, 0.29) is 11.7 Å². The van der Waals surface area contributed by atoms with Crippen LogP contribution in [0.3, 0.4) is 0 Å². The number of aryl methyl sites for hydroxylation is 1. The van der Waals surface area contributed by atoms with Gasteiger partial charge in [0.2, 0.25) is 5.91 Å². The van der Waals surface area contributed by atoms with Crippen molar-refractivity contribution in [1.82, 2.24) is 19.8 Å². The average Bonchev–Trinajstić information content (AvgIpc) is 3.01. The SMILES string of the molecule is C=CC(=O)N1CCN(c2nc(OCCCN(C)CCOCC)nc3c2CCN(c2cc(O)cc4cc(C)ccc24)C3)CC1. The van der Waals surface area contributed by atoms with Crippen molar-refractivity contribution < 1.29 is 19.4 Å². The molecule has 1 amide bonds. The largest absolute Gasteiger partial charge is 0.508 e. The van der Waals surface area contributed by atoms with Gasteiger partial charge in [-0.2, -0.15) is 9.97 Å². The third kappa shape index (κ3) is 7.37. The Morgan fingerprint density at radius 3 is 2.65 bits per heavy atom. The summed E-state index contributed by atoms with van der Waals surface area (Å²) in [5.41, 5.74) is 4.22. The molecule has 2 aliphatic rings. The Kier molecular flexibility index (Phi) is 9.99. The quantitative estimate of drug-likeness (QED) is 0.251. The second kappa shape index (κ2) is 14.1. The first-order valence-electron chi connectivity index (χ1n) is 15.3. The van der Waals surface area contributed by atoms with Gasteiger partial charge in [-0.05, 0) is 51.3 Å². The number of nitrogens with zero attached hydrogens (tertiary/aromatic N) is 6. The number of hydrogen-bond acceptors (Lipinski definition) is 9. The molecule has 0 saturated carbocycles. The summed E-state index contributed by atoms with van der Waals surface area (Å²) in [6.07, 6.45) is 3.00. The van der Waals surface area contributed by atoms with E-state index in [1.54, 1.807) is 0 Å². The molecule has 0 aliphatic carbocycles. The van der Waals surface area contributed by atoms with Crippen molar-refractivity contribution in [2.45, 2.75) is 33.2 Å². The maximum Gasteiger partial charge on any atom is 0.318 e. The van der Waals surface area contributed by atoms with Crippen LogP contribution in [0.4, 0.5) is 11.5 Å². The number of aromatic nitrogens is 2. The van der Waals surface area contributed by atoms with E-state index >= 15 is 0 Å². The van der Waals surface area contributed by atoms with Crippen molar-refractivity contribution in [3.63, 3.8) is 0 Å². The monoisotopic (exact) mass is 588 g/mol. The van der Waals surface area contributed by atoms with Crippen molar-refractivity contribution in [2.75, 3.05) is 82.5 Å². The van der Waals surface area contributed by atoms with Crippen LogP contribution in [0, 0.1) is 6.92 Å². The highest BCUT2D eigenvalue weighted by molar-refractivity contribution is 5.96. The zero-order valence-electron chi connectivity index (χ0n) is 25.7. The molecule has 10 heteroatoms. The lowest BCUT2D eigenvalue weighted by atomic mass is 10.0. The molecule has 230 valence electrons. The van der Waals surface area contributed by atoms with Gasteiger partial charge >= 0.3 is 6.01 Å². The third-order valence-electron chi connectivity index (χ3n) is 8.24. The van der Waals surface area contributed by atoms with E-state index in [9.17, 15) is 9.90 Å². The molecule has 1 saturated heterocycles. The number of aromatic hydroxyl groups is 1. The van der Waals surface area contributed by atoms with E-state index in [1.807, 2.05) is 24.0 Å². The summed E-state index contributed by atoms with van der Waals surface area (Å²) in [5.74, 6) is 1.11. The Morgan fingerprint density at radius 1 is 1.07 bits per heavy atom. The minimum atomic E-state index is -0.0382. The van der Waals surface area contributed by atoms with E-state index < -0.39 is 0 Å². The molecule has 0 radical (unpaired) electrons. The fourth-order valence-corrected chi connectivity index (χ4v) is 5.88. The Morgan fingerprint density at radius 2 is 1.88 bits per heavy atom. The summed E-state index contributed by atoms with van der Waals surface area (Å²) in [7, 11) is 2.09. The highest BCUT2D eigenvalue weighted by Crippen LogP contribution is 2.36. The zero-order chi connectivity index (χ0) is 30.3. The molecular formula is C33H44N6O4. The molecular weight excluding hydrogens is 544 g/mol. The molecule has 1 aromatic heterocycles. The highest BCUT2D eigenvalue weighted by Gasteiger charge is 2.29. The van der Waals surface area contributed by atoms with Crippen LogP contribution in [0.1, 0.15) is 30.2 Å². The Balaban J connectivity index is 1.37. The fourth-order valence-electron chi connectivity index (χ4n) is 5.88. The number of likely N-dealkylation sites (N-methyl/N-ethyl adjacent to an activating group) is 1. The van der Waals surface area contributed by atoms with Gasteiger partial charge in [-0.1, -0.05) is 30.3 Å². The maximum absolute atomic E-state index is 12.2. The van der Waals surface area contributed by atoms with E-state index in [0.29, 0.717) is 45.3 Å². The molecule has 5 rings (SSSR count). The second-order valence-electron chi connectivity index (χ2n) is 11.3. The topological polar surface area (TPSA) is 94.5 Å². The Labute approximate surface area is 254 Å². The molecule has 2 aromatic carbocycles. The number of ether oxygens (including phenoxy) is 2. The first-order valence-corrected chi connectivity index (χ1v) is 15.3.